The number of guanidine groups is 1. The predicted octanol–water partition coefficient (Wildman–Crippen LogP) is 1.81. The van der Waals surface area contributed by atoms with Crippen LogP contribution in [0, 0.1) is 0 Å². The molecule has 1 saturated heterocycles. The summed E-state index contributed by atoms with van der Waals surface area (Å²) in [4.78, 5) is 7.04. The van der Waals surface area contributed by atoms with Crippen LogP contribution in [0.5, 0.6) is 0 Å². The molecule has 2 aliphatic heterocycles. The zero-order chi connectivity index (χ0) is 20.9. The summed E-state index contributed by atoms with van der Waals surface area (Å²) in [5, 5.41) is 6.74. The highest BCUT2D eigenvalue weighted by atomic mass is 32.2. The molecule has 0 bridgehead atoms. The van der Waals surface area contributed by atoms with Crippen molar-refractivity contribution in [1.29, 1.82) is 0 Å². The Morgan fingerprint density at radius 2 is 1.93 bits per heavy atom. The van der Waals surface area contributed by atoms with Crippen molar-refractivity contribution < 1.29 is 8.42 Å². The van der Waals surface area contributed by atoms with Crippen LogP contribution in [0.3, 0.4) is 0 Å². The number of hydrogen-bond acceptors (Lipinski definition) is 4. The second-order valence-corrected chi connectivity index (χ2v) is 10.1. The molecule has 0 amide bonds. The van der Waals surface area contributed by atoms with Crippen LogP contribution >= 0.6 is 0 Å². The summed E-state index contributed by atoms with van der Waals surface area (Å²) in [5.74, 6) is 0.733. The zero-order valence-corrected chi connectivity index (χ0v) is 18.7. The molecule has 0 atom stereocenters. The summed E-state index contributed by atoms with van der Waals surface area (Å²) in [6, 6.07) is 8.70. The largest absolute Gasteiger partial charge is 0.357 e. The van der Waals surface area contributed by atoms with Crippen molar-refractivity contribution in [3.05, 3.63) is 29.8 Å². The molecule has 1 aromatic carbocycles. The second-order valence-electron chi connectivity index (χ2n) is 8.08. The standard InChI is InChI=1S/C21H35N5O2S/c1-4-22-21(24-19-10-13-25(14-11-19)17(2)3)23-12-16-29(27,28)26-15-9-18-7-5-6-8-20(18)26/h5-8,17,19H,4,9-16H2,1-3H3,(H2,22,23,24). The molecule has 1 aromatic rings. The number of anilines is 1. The fourth-order valence-corrected chi connectivity index (χ4v) is 5.44. The Morgan fingerprint density at radius 3 is 2.62 bits per heavy atom. The predicted molar refractivity (Wildman–Crippen MR) is 120 cm³/mol. The Balaban J connectivity index is 1.55. The fraction of sp³-hybridized carbons (Fsp3) is 0.667. The van der Waals surface area contributed by atoms with E-state index in [1.807, 2.05) is 31.2 Å². The summed E-state index contributed by atoms with van der Waals surface area (Å²) in [6.45, 7) is 10.2. The highest BCUT2D eigenvalue weighted by Crippen LogP contribution is 2.29. The maximum Gasteiger partial charge on any atom is 0.237 e. The molecule has 3 rings (SSSR count). The van der Waals surface area contributed by atoms with E-state index in [4.69, 9.17) is 0 Å². The van der Waals surface area contributed by atoms with E-state index < -0.39 is 10.0 Å². The van der Waals surface area contributed by atoms with Gasteiger partial charge in [0.2, 0.25) is 10.0 Å². The minimum Gasteiger partial charge on any atom is -0.357 e. The Labute approximate surface area is 175 Å². The van der Waals surface area contributed by atoms with E-state index in [2.05, 4.69) is 34.4 Å². The Hall–Kier alpha value is -1.80. The molecule has 2 aliphatic rings. The van der Waals surface area contributed by atoms with Gasteiger partial charge in [0.15, 0.2) is 5.96 Å². The third-order valence-electron chi connectivity index (χ3n) is 5.74. The minimum atomic E-state index is -3.37. The van der Waals surface area contributed by atoms with Gasteiger partial charge in [0.1, 0.15) is 0 Å². The van der Waals surface area contributed by atoms with Crippen molar-refractivity contribution in [2.24, 2.45) is 4.99 Å². The van der Waals surface area contributed by atoms with E-state index in [-0.39, 0.29) is 12.3 Å². The van der Waals surface area contributed by atoms with Crippen LogP contribution in [-0.4, -0.2) is 69.8 Å². The van der Waals surface area contributed by atoms with Crippen LogP contribution in [0.2, 0.25) is 0 Å². The molecule has 162 valence electrons. The maximum atomic E-state index is 12.8. The topological polar surface area (TPSA) is 77.0 Å². The number of sulfonamides is 1. The number of nitrogens with one attached hydrogen (secondary N) is 2. The van der Waals surface area contributed by atoms with Gasteiger partial charge in [-0.15, -0.1) is 0 Å². The van der Waals surface area contributed by atoms with E-state index in [0.29, 0.717) is 24.6 Å². The molecule has 1 fully saturated rings. The number of benzene rings is 1. The fourth-order valence-electron chi connectivity index (χ4n) is 4.05. The van der Waals surface area contributed by atoms with Crippen molar-refractivity contribution in [3.63, 3.8) is 0 Å². The van der Waals surface area contributed by atoms with Gasteiger partial charge < -0.3 is 15.5 Å². The molecule has 2 heterocycles. The SMILES string of the molecule is CCNC(=NCCS(=O)(=O)N1CCc2ccccc21)NC1CCN(C(C)C)CC1. The average Bonchev–Trinajstić information content (AvgIpc) is 3.13. The van der Waals surface area contributed by atoms with Gasteiger partial charge in [0.05, 0.1) is 18.0 Å². The highest BCUT2D eigenvalue weighted by molar-refractivity contribution is 7.92. The first-order chi connectivity index (χ1) is 13.9. The number of likely N-dealkylation sites (tertiary alicyclic amines) is 1. The summed E-state index contributed by atoms with van der Waals surface area (Å²) < 4.78 is 27.2. The van der Waals surface area contributed by atoms with E-state index in [0.717, 1.165) is 50.1 Å². The average molecular weight is 422 g/mol. The van der Waals surface area contributed by atoms with Crippen molar-refractivity contribution in [3.8, 4) is 0 Å². The number of hydrogen-bond donors (Lipinski definition) is 2. The smallest absolute Gasteiger partial charge is 0.237 e. The molecular formula is C21H35N5O2S. The molecule has 0 saturated carbocycles. The Morgan fingerprint density at radius 1 is 1.21 bits per heavy atom. The van der Waals surface area contributed by atoms with Crippen LogP contribution in [0.1, 0.15) is 39.2 Å². The first kappa shape index (κ1) is 21.9. The van der Waals surface area contributed by atoms with Gasteiger partial charge >= 0.3 is 0 Å². The van der Waals surface area contributed by atoms with Crippen LogP contribution in [0.25, 0.3) is 0 Å². The number of fused-ring (bicyclic) bond motifs is 1. The lowest BCUT2D eigenvalue weighted by Crippen LogP contribution is -2.50. The van der Waals surface area contributed by atoms with Crippen LogP contribution < -0.4 is 14.9 Å². The minimum absolute atomic E-state index is 0.0176. The third-order valence-corrected chi connectivity index (χ3v) is 7.49. The van der Waals surface area contributed by atoms with Crippen molar-refractivity contribution in [2.45, 2.75) is 52.1 Å². The van der Waals surface area contributed by atoms with Crippen molar-refractivity contribution in [2.75, 3.05) is 42.8 Å². The van der Waals surface area contributed by atoms with Crippen LogP contribution in [-0.2, 0) is 16.4 Å². The zero-order valence-electron chi connectivity index (χ0n) is 17.9. The van der Waals surface area contributed by atoms with Crippen molar-refractivity contribution in [1.82, 2.24) is 15.5 Å². The summed E-state index contributed by atoms with van der Waals surface area (Å²) in [6.07, 6.45) is 2.93. The van der Waals surface area contributed by atoms with E-state index in [1.165, 1.54) is 0 Å². The number of para-hydroxylation sites is 1. The Kier molecular flexibility index (Phi) is 7.40. The van der Waals surface area contributed by atoms with Crippen molar-refractivity contribution >= 4 is 21.7 Å². The van der Waals surface area contributed by atoms with Crippen LogP contribution in [0.15, 0.2) is 29.3 Å². The molecule has 0 spiro atoms. The molecule has 2 N–H and O–H groups in total. The molecule has 0 unspecified atom stereocenters. The van der Waals surface area contributed by atoms with Gasteiger partial charge in [-0.2, -0.15) is 0 Å². The first-order valence-corrected chi connectivity index (χ1v) is 12.4. The monoisotopic (exact) mass is 421 g/mol. The quantitative estimate of drug-likeness (QED) is 0.519. The van der Waals surface area contributed by atoms with Gasteiger partial charge in [-0.05, 0) is 51.7 Å². The molecule has 29 heavy (non-hydrogen) atoms. The number of piperidine rings is 1. The molecular weight excluding hydrogens is 386 g/mol. The first-order valence-electron chi connectivity index (χ1n) is 10.8. The highest BCUT2D eigenvalue weighted by Gasteiger charge is 2.28. The molecule has 0 aromatic heterocycles. The molecule has 8 heteroatoms. The number of rotatable bonds is 7. The maximum absolute atomic E-state index is 12.8. The second kappa shape index (κ2) is 9.80. The molecule has 0 radical (unpaired) electrons. The van der Waals surface area contributed by atoms with Crippen LogP contribution in [0.4, 0.5) is 5.69 Å². The lowest BCUT2D eigenvalue weighted by Gasteiger charge is -2.35. The van der Waals surface area contributed by atoms with Gasteiger partial charge in [-0.25, -0.2) is 8.42 Å². The molecule has 0 aliphatic carbocycles. The van der Waals surface area contributed by atoms with Gasteiger partial charge in [0, 0.05) is 38.3 Å². The van der Waals surface area contributed by atoms with E-state index in [1.54, 1.807) is 4.31 Å². The van der Waals surface area contributed by atoms with Gasteiger partial charge in [-0.1, -0.05) is 18.2 Å². The third kappa shape index (κ3) is 5.63. The van der Waals surface area contributed by atoms with E-state index >= 15 is 0 Å². The van der Waals surface area contributed by atoms with Gasteiger partial charge in [-0.3, -0.25) is 9.30 Å². The Bertz CT molecular complexity index is 801. The number of aliphatic imine (C=N–C) groups is 1. The summed E-state index contributed by atoms with van der Waals surface area (Å²) in [7, 11) is -3.37. The van der Waals surface area contributed by atoms with E-state index in [9.17, 15) is 8.42 Å². The summed E-state index contributed by atoms with van der Waals surface area (Å²) in [5.41, 5.74) is 1.92. The number of nitrogens with zero attached hydrogens (tertiary/aromatic N) is 3. The lowest BCUT2D eigenvalue weighted by molar-refractivity contribution is 0.167. The summed E-state index contributed by atoms with van der Waals surface area (Å²) >= 11 is 0. The molecule has 7 nitrogen and oxygen atoms in total. The van der Waals surface area contributed by atoms with Gasteiger partial charge in [0.25, 0.3) is 0 Å². The normalized spacial score (nSPS) is 18.9. The lowest BCUT2D eigenvalue weighted by atomic mass is 10.0.